The number of Topliss-reactive ketones (excluding diaryl/α,β-unsaturated/α-hetero) is 1. The van der Waals surface area contributed by atoms with Crippen molar-refractivity contribution >= 4 is 11.5 Å². The molecule has 0 saturated carbocycles. The van der Waals surface area contributed by atoms with Gasteiger partial charge in [-0.05, 0) is 51.9 Å². The summed E-state index contributed by atoms with van der Waals surface area (Å²) >= 11 is 0. The summed E-state index contributed by atoms with van der Waals surface area (Å²) in [5, 5.41) is 0. The number of carbonyl (C=O) groups is 1. The highest BCUT2D eigenvalue weighted by Gasteiger charge is 2.17. The molecule has 0 aromatic heterocycles. The standard InChI is InChI=1S/C19H32N2O2/c1-6-12-20(13-7-2)15-18(22)17-11-10-16(14-19(17)23-5)21(8-3)9-4/h10-11,14H,6-9,12-13,15H2,1-5H3. The number of rotatable bonds is 11. The van der Waals surface area contributed by atoms with Crippen LogP contribution >= 0.6 is 0 Å². The molecule has 0 amide bonds. The number of carbonyl (C=O) groups excluding carboxylic acids is 1. The van der Waals surface area contributed by atoms with E-state index >= 15 is 0 Å². The van der Waals surface area contributed by atoms with Gasteiger partial charge in [0.05, 0.1) is 19.2 Å². The van der Waals surface area contributed by atoms with Gasteiger partial charge in [0.25, 0.3) is 0 Å². The van der Waals surface area contributed by atoms with Gasteiger partial charge in [-0.25, -0.2) is 0 Å². The SMILES string of the molecule is CCCN(CCC)CC(=O)c1ccc(N(CC)CC)cc1OC. The lowest BCUT2D eigenvalue weighted by atomic mass is 10.1. The second-order valence-electron chi connectivity index (χ2n) is 5.76. The molecule has 0 heterocycles. The van der Waals surface area contributed by atoms with E-state index in [-0.39, 0.29) is 5.78 Å². The lowest BCUT2D eigenvalue weighted by Crippen LogP contribution is -2.31. The zero-order valence-corrected chi connectivity index (χ0v) is 15.4. The zero-order chi connectivity index (χ0) is 17.2. The Labute approximate surface area is 141 Å². The number of benzene rings is 1. The second kappa shape index (κ2) is 10.3. The van der Waals surface area contributed by atoms with Crippen molar-refractivity contribution < 1.29 is 9.53 Å². The highest BCUT2D eigenvalue weighted by atomic mass is 16.5. The number of nitrogens with zero attached hydrogens (tertiary/aromatic N) is 2. The Morgan fingerprint density at radius 1 is 1.04 bits per heavy atom. The molecule has 0 N–H and O–H groups in total. The second-order valence-corrected chi connectivity index (χ2v) is 5.76. The predicted molar refractivity (Wildman–Crippen MR) is 97.9 cm³/mol. The summed E-state index contributed by atoms with van der Waals surface area (Å²) in [5.41, 5.74) is 1.78. The molecule has 1 rings (SSSR count). The maximum atomic E-state index is 12.7. The average Bonchev–Trinajstić information content (AvgIpc) is 2.56. The van der Waals surface area contributed by atoms with Gasteiger partial charge in [-0.3, -0.25) is 9.69 Å². The Morgan fingerprint density at radius 3 is 2.13 bits per heavy atom. The Balaban J connectivity index is 2.95. The number of ketones is 1. The van der Waals surface area contributed by atoms with Gasteiger partial charge in [0.1, 0.15) is 5.75 Å². The number of hydrogen-bond acceptors (Lipinski definition) is 4. The molecule has 0 aliphatic rings. The molecule has 4 nitrogen and oxygen atoms in total. The van der Waals surface area contributed by atoms with E-state index in [4.69, 9.17) is 4.74 Å². The van der Waals surface area contributed by atoms with Crippen molar-refractivity contribution in [1.82, 2.24) is 4.90 Å². The summed E-state index contributed by atoms with van der Waals surface area (Å²) < 4.78 is 5.48. The van der Waals surface area contributed by atoms with Crippen LogP contribution in [0.3, 0.4) is 0 Å². The normalized spacial score (nSPS) is 10.9. The summed E-state index contributed by atoms with van der Waals surface area (Å²) in [6.07, 6.45) is 2.12. The molecule has 0 atom stereocenters. The summed E-state index contributed by atoms with van der Waals surface area (Å²) in [6.45, 7) is 12.8. The third-order valence-electron chi connectivity index (χ3n) is 4.06. The Bertz CT molecular complexity index is 478. The van der Waals surface area contributed by atoms with Crippen LogP contribution in [0.25, 0.3) is 0 Å². The molecule has 0 aliphatic heterocycles. The van der Waals surface area contributed by atoms with Crippen LogP contribution in [-0.2, 0) is 0 Å². The van der Waals surface area contributed by atoms with Crippen molar-refractivity contribution in [3.8, 4) is 5.75 Å². The third kappa shape index (κ3) is 5.54. The van der Waals surface area contributed by atoms with Gasteiger partial charge in [0.2, 0.25) is 0 Å². The number of methoxy groups -OCH3 is 1. The number of hydrogen-bond donors (Lipinski definition) is 0. The van der Waals surface area contributed by atoms with Crippen LogP contribution in [0.5, 0.6) is 5.75 Å². The Kier molecular flexibility index (Phi) is 8.70. The van der Waals surface area contributed by atoms with Gasteiger partial charge in [-0.2, -0.15) is 0 Å². The van der Waals surface area contributed by atoms with Gasteiger partial charge < -0.3 is 9.64 Å². The van der Waals surface area contributed by atoms with Crippen LogP contribution in [0.2, 0.25) is 0 Å². The van der Waals surface area contributed by atoms with Crippen molar-refractivity contribution in [3.63, 3.8) is 0 Å². The molecule has 0 radical (unpaired) electrons. The van der Waals surface area contributed by atoms with E-state index in [0.717, 1.165) is 44.7 Å². The van der Waals surface area contributed by atoms with Gasteiger partial charge in [-0.15, -0.1) is 0 Å². The van der Waals surface area contributed by atoms with Crippen molar-refractivity contribution in [1.29, 1.82) is 0 Å². The number of ether oxygens (including phenoxy) is 1. The van der Waals surface area contributed by atoms with Crippen LogP contribution in [0.4, 0.5) is 5.69 Å². The molecule has 0 unspecified atom stereocenters. The van der Waals surface area contributed by atoms with Crippen molar-refractivity contribution in [2.45, 2.75) is 40.5 Å². The van der Waals surface area contributed by atoms with Crippen LogP contribution in [0.15, 0.2) is 18.2 Å². The molecule has 4 heteroatoms. The van der Waals surface area contributed by atoms with Crippen molar-refractivity contribution in [2.24, 2.45) is 0 Å². The van der Waals surface area contributed by atoms with E-state index in [0.29, 0.717) is 17.9 Å². The zero-order valence-electron chi connectivity index (χ0n) is 15.4. The fraction of sp³-hybridized carbons (Fsp3) is 0.632. The Hall–Kier alpha value is -1.55. The fourth-order valence-corrected chi connectivity index (χ4v) is 2.89. The molecular weight excluding hydrogens is 288 g/mol. The van der Waals surface area contributed by atoms with Crippen LogP contribution in [0, 0.1) is 0 Å². The quantitative estimate of drug-likeness (QED) is 0.580. The summed E-state index contributed by atoms with van der Waals surface area (Å²) in [7, 11) is 1.63. The van der Waals surface area contributed by atoms with Crippen LogP contribution in [-0.4, -0.2) is 50.5 Å². The van der Waals surface area contributed by atoms with E-state index < -0.39 is 0 Å². The first-order valence-corrected chi connectivity index (χ1v) is 8.79. The molecular formula is C19H32N2O2. The average molecular weight is 320 g/mol. The molecule has 0 fully saturated rings. The summed E-state index contributed by atoms with van der Waals surface area (Å²) in [6, 6.07) is 5.90. The van der Waals surface area contributed by atoms with Crippen LogP contribution < -0.4 is 9.64 Å². The van der Waals surface area contributed by atoms with Crippen molar-refractivity contribution in [3.05, 3.63) is 23.8 Å². The molecule has 0 bridgehead atoms. The monoisotopic (exact) mass is 320 g/mol. The molecule has 130 valence electrons. The fourth-order valence-electron chi connectivity index (χ4n) is 2.89. The maximum absolute atomic E-state index is 12.7. The first-order chi connectivity index (χ1) is 11.1. The molecule has 0 aliphatic carbocycles. The molecule has 23 heavy (non-hydrogen) atoms. The predicted octanol–water partition coefficient (Wildman–Crippen LogP) is 3.85. The van der Waals surface area contributed by atoms with E-state index in [1.165, 1.54) is 0 Å². The van der Waals surface area contributed by atoms with E-state index in [1.807, 2.05) is 18.2 Å². The smallest absolute Gasteiger partial charge is 0.180 e. The van der Waals surface area contributed by atoms with E-state index in [1.54, 1.807) is 7.11 Å². The van der Waals surface area contributed by atoms with Crippen LogP contribution in [0.1, 0.15) is 50.9 Å². The minimum Gasteiger partial charge on any atom is -0.496 e. The summed E-state index contributed by atoms with van der Waals surface area (Å²) in [4.78, 5) is 17.1. The highest BCUT2D eigenvalue weighted by molar-refractivity contribution is 6.00. The number of anilines is 1. The third-order valence-corrected chi connectivity index (χ3v) is 4.06. The van der Waals surface area contributed by atoms with E-state index in [2.05, 4.69) is 37.5 Å². The van der Waals surface area contributed by atoms with Gasteiger partial charge in [0.15, 0.2) is 5.78 Å². The van der Waals surface area contributed by atoms with Crippen molar-refractivity contribution in [2.75, 3.05) is 44.7 Å². The summed E-state index contributed by atoms with van der Waals surface area (Å²) in [5.74, 6) is 0.808. The highest BCUT2D eigenvalue weighted by Crippen LogP contribution is 2.26. The molecule has 0 saturated heterocycles. The Morgan fingerprint density at radius 2 is 1.65 bits per heavy atom. The molecule has 1 aromatic carbocycles. The minimum atomic E-state index is 0.134. The minimum absolute atomic E-state index is 0.134. The molecule has 0 spiro atoms. The van der Waals surface area contributed by atoms with Gasteiger partial charge in [0, 0.05) is 24.8 Å². The topological polar surface area (TPSA) is 32.8 Å². The first-order valence-electron chi connectivity index (χ1n) is 8.79. The lowest BCUT2D eigenvalue weighted by Gasteiger charge is -2.23. The largest absolute Gasteiger partial charge is 0.496 e. The van der Waals surface area contributed by atoms with Gasteiger partial charge >= 0.3 is 0 Å². The van der Waals surface area contributed by atoms with Gasteiger partial charge in [-0.1, -0.05) is 13.8 Å². The maximum Gasteiger partial charge on any atom is 0.180 e. The van der Waals surface area contributed by atoms with E-state index in [9.17, 15) is 4.79 Å². The molecule has 1 aromatic rings. The first kappa shape index (κ1) is 19.5. The lowest BCUT2D eigenvalue weighted by molar-refractivity contribution is 0.0927.